The first-order chi connectivity index (χ1) is 14.5. The number of nitrogens with zero attached hydrogens (tertiary/aromatic N) is 1. The predicted molar refractivity (Wildman–Crippen MR) is 116 cm³/mol. The molecule has 0 saturated carbocycles. The first kappa shape index (κ1) is 20.6. The van der Waals surface area contributed by atoms with Crippen LogP contribution in [0.1, 0.15) is 45.8 Å². The number of aromatic nitrogens is 1. The zero-order chi connectivity index (χ0) is 21.1. The maximum atomic E-state index is 12.4. The lowest BCUT2D eigenvalue weighted by Gasteiger charge is -2.16. The summed E-state index contributed by atoms with van der Waals surface area (Å²) in [5.74, 6) is 1.15. The molecule has 1 unspecified atom stereocenters. The zero-order valence-corrected chi connectivity index (χ0v) is 18.1. The van der Waals surface area contributed by atoms with Crippen LogP contribution < -0.4 is 10.9 Å². The summed E-state index contributed by atoms with van der Waals surface area (Å²) >= 11 is 7.40. The Morgan fingerprint density at radius 2 is 2.07 bits per heavy atom. The van der Waals surface area contributed by atoms with Crippen molar-refractivity contribution in [3.8, 4) is 11.3 Å². The minimum Gasteiger partial charge on any atom is -0.441 e. The first-order valence-electron chi connectivity index (χ1n) is 9.89. The number of hydrazine groups is 1. The highest BCUT2D eigenvalue weighted by molar-refractivity contribution is 7.14. The van der Waals surface area contributed by atoms with Crippen LogP contribution in [0.3, 0.4) is 0 Å². The van der Waals surface area contributed by atoms with E-state index in [4.69, 9.17) is 16.0 Å². The Morgan fingerprint density at radius 3 is 2.87 bits per heavy atom. The van der Waals surface area contributed by atoms with Gasteiger partial charge in [0.05, 0.1) is 11.1 Å². The molecule has 2 heterocycles. The second-order valence-electron chi connectivity index (χ2n) is 7.53. The van der Waals surface area contributed by atoms with E-state index in [0.29, 0.717) is 33.9 Å². The van der Waals surface area contributed by atoms with Gasteiger partial charge in [0.1, 0.15) is 0 Å². The summed E-state index contributed by atoms with van der Waals surface area (Å²) in [6.45, 7) is 2.23. The zero-order valence-electron chi connectivity index (χ0n) is 16.5. The van der Waals surface area contributed by atoms with Gasteiger partial charge in [-0.05, 0) is 61.1 Å². The maximum Gasteiger partial charge on any atom is 0.279 e. The molecule has 0 aliphatic heterocycles. The highest BCUT2D eigenvalue weighted by Crippen LogP contribution is 2.32. The van der Waals surface area contributed by atoms with Crippen molar-refractivity contribution in [1.29, 1.82) is 0 Å². The van der Waals surface area contributed by atoms with Gasteiger partial charge >= 0.3 is 0 Å². The van der Waals surface area contributed by atoms with E-state index < -0.39 is 0 Å². The number of aryl methyl sites for hydroxylation is 2. The normalized spacial score (nSPS) is 15.5. The lowest BCUT2D eigenvalue weighted by molar-refractivity contribution is -0.121. The molecule has 0 radical (unpaired) electrons. The van der Waals surface area contributed by atoms with Crippen LogP contribution in [0.25, 0.3) is 11.3 Å². The Balaban J connectivity index is 1.25. The Labute approximate surface area is 183 Å². The van der Waals surface area contributed by atoms with Crippen LogP contribution >= 0.6 is 22.9 Å². The molecule has 156 valence electrons. The van der Waals surface area contributed by atoms with Gasteiger partial charge in [-0.25, -0.2) is 4.98 Å². The van der Waals surface area contributed by atoms with E-state index in [2.05, 4.69) is 22.8 Å². The molecule has 30 heavy (non-hydrogen) atoms. The number of carbonyl (C=O) groups is 2. The molecular formula is C22H22ClN3O3S. The van der Waals surface area contributed by atoms with Crippen molar-refractivity contribution < 1.29 is 14.0 Å². The van der Waals surface area contributed by atoms with Crippen LogP contribution in [-0.2, 0) is 24.1 Å². The van der Waals surface area contributed by atoms with Gasteiger partial charge in [-0.2, -0.15) is 0 Å². The second kappa shape index (κ2) is 9.02. The van der Waals surface area contributed by atoms with E-state index in [1.165, 1.54) is 21.8 Å². The largest absolute Gasteiger partial charge is 0.441 e. The smallest absolute Gasteiger partial charge is 0.279 e. The number of benzene rings is 1. The first-order valence-corrected chi connectivity index (χ1v) is 11.1. The van der Waals surface area contributed by atoms with Crippen molar-refractivity contribution in [2.75, 3.05) is 0 Å². The topological polar surface area (TPSA) is 84.2 Å². The number of carbonyl (C=O) groups excluding carboxylic acids is 2. The third-order valence-electron chi connectivity index (χ3n) is 5.12. The molecule has 0 fully saturated rings. The van der Waals surface area contributed by atoms with Crippen molar-refractivity contribution in [2.24, 2.45) is 5.92 Å². The van der Waals surface area contributed by atoms with E-state index >= 15 is 0 Å². The molecule has 1 aromatic carbocycles. The summed E-state index contributed by atoms with van der Waals surface area (Å²) in [5, 5.41) is 0.648. The molecule has 8 heteroatoms. The minimum absolute atomic E-state index is 0.152. The van der Waals surface area contributed by atoms with Gasteiger partial charge in [-0.1, -0.05) is 18.5 Å². The molecule has 1 aliphatic carbocycles. The molecule has 2 amide bonds. The lowest BCUT2D eigenvalue weighted by atomic mass is 9.90. The van der Waals surface area contributed by atoms with Gasteiger partial charge in [0.2, 0.25) is 5.91 Å². The predicted octanol–water partition coefficient (Wildman–Crippen LogP) is 4.58. The Hall–Kier alpha value is -2.64. The number of halogens is 1. The number of oxazole rings is 1. The number of hydrogen-bond acceptors (Lipinski definition) is 5. The number of fused-ring (bicyclic) bond motifs is 1. The van der Waals surface area contributed by atoms with Gasteiger partial charge in [-0.3, -0.25) is 20.4 Å². The number of amides is 2. The molecule has 0 spiro atoms. The van der Waals surface area contributed by atoms with Crippen molar-refractivity contribution in [3.63, 3.8) is 0 Å². The molecule has 1 atom stereocenters. The highest BCUT2D eigenvalue weighted by atomic mass is 35.5. The average molecular weight is 444 g/mol. The fourth-order valence-electron chi connectivity index (χ4n) is 3.46. The van der Waals surface area contributed by atoms with Gasteiger partial charge in [-0.15, -0.1) is 11.3 Å². The molecule has 3 aromatic rings. The molecule has 4 rings (SSSR count). The van der Waals surface area contributed by atoms with E-state index in [1.807, 2.05) is 18.2 Å². The van der Waals surface area contributed by atoms with Gasteiger partial charge in [0, 0.05) is 28.3 Å². The lowest BCUT2D eigenvalue weighted by Crippen LogP contribution is -2.41. The third kappa shape index (κ3) is 4.91. The average Bonchev–Trinajstić information content (AvgIpc) is 3.37. The fourth-order valence-corrected chi connectivity index (χ4v) is 4.69. The van der Waals surface area contributed by atoms with Gasteiger partial charge in [0.25, 0.3) is 5.91 Å². The SMILES string of the molecule is CC1CCc2sc(C(=O)NNC(=O)CCc3ncc(-c4ccc(Cl)cc4)o3)cc2C1. The van der Waals surface area contributed by atoms with Gasteiger partial charge < -0.3 is 4.42 Å². The van der Waals surface area contributed by atoms with E-state index in [-0.39, 0.29) is 18.2 Å². The molecule has 0 bridgehead atoms. The summed E-state index contributed by atoms with van der Waals surface area (Å²) in [6, 6.07) is 9.19. The summed E-state index contributed by atoms with van der Waals surface area (Å²) in [7, 11) is 0. The van der Waals surface area contributed by atoms with Crippen molar-refractivity contribution in [1.82, 2.24) is 15.8 Å². The Kier molecular flexibility index (Phi) is 6.20. The standard InChI is InChI=1S/C22H22ClN3O3S/c1-13-2-7-18-15(10-13)11-19(30-18)22(28)26-25-20(27)8-9-21-24-12-17(29-21)14-3-5-16(23)6-4-14/h3-6,11-13H,2,7-10H2,1H3,(H,25,27)(H,26,28). The Bertz CT molecular complexity index is 1060. The number of thiophene rings is 1. The van der Waals surface area contributed by atoms with Crippen molar-refractivity contribution >= 4 is 34.8 Å². The molecule has 1 aliphatic rings. The van der Waals surface area contributed by atoms with Crippen LogP contribution in [-0.4, -0.2) is 16.8 Å². The monoisotopic (exact) mass is 443 g/mol. The van der Waals surface area contributed by atoms with E-state index in [0.717, 1.165) is 24.8 Å². The number of hydrogen-bond donors (Lipinski definition) is 2. The maximum absolute atomic E-state index is 12.4. The van der Waals surface area contributed by atoms with E-state index in [9.17, 15) is 9.59 Å². The van der Waals surface area contributed by atoms with Crippen LogP contribution in [0.15, 0.2) is 40.9 Å². The summed E-state index contributed by atoms with van der Waals surface area (Å²) in [5.41, 5.74) is 7.09. The number of nitrogens with one attached hydrogen (secondary N) is 2. The molecular weight excluding hydrogens is 422 g/mol. The van der Waals surface area contributed by atoms with Crippen LogP contribution in [0.2, 0.25) is 5.02 Å². The number of rotatable bonds is 5. The quantitative estimate of drug-likeness (QED) is 0.565. The third-order valence-corrected chi connectivity index (χ3v) is 6.60. The highest BCUT2D eigenvalue weighted by Gasteiger charge is 2.21. The second-order valence-corrected chi connectivity index (χ2v) is 9.11. The summed E-state index contributed by atoms with van der Waals surface area (Å²) in [6.07, 6.45) is 5.30. The minimum atomic E-state index is -0.301. The van der Waals surface area contributed by atoms with Crippen LogP contribution in [0.4, 0.5) is 0 Å². The molecule has 2 N–H and O–H groups in total. The van der Waals surface area contributed by atoms with Crippen molar-refractivity contribution in [3.05, 3.63) is 62.8 Å². The molecule has 6 nitrogen and oxygen atoms in total. The van der Waals surface area contributed by atoms with Crippen LogP contribution in [0, 0.1) is 5.92 Å². The van der Waals surface area contributed by atoms with E-state index in [1.54, 1.807) is 18.3 Å². The summed E-state index contributed by atoms with van der Waals surface area (Å²) < 4.78 is 5.69. The van der Waals surface area contributed by atoms with Crippen LogP contribution in [0.5, 0.6) is 0 Å². The fraction of sp³-hybridized carbons (Fsp3) is 0.318. The van der Waals surface area contributed by atoms with Crippen molar-refractivity contribution in [2.45, 2.75) is 39.0 Å². The Morgan fingerprint density at radius 1 is 1.27 bits per heavy atom. The molecule has 0 saturated heterocycles. The van der Waals surface area contributed by atoms with Gasteiger partial charge in [0.15, 0.2) is 11.7 Å². The molecule has 2 aromatic heterocycles. The summed E-state index contributed by atoms with van der Waals surface area (Å²) in [4.78, 5) is 30.6.